The molecule has 0 saturated heterocycles. The lowest BCUT2D eigenvalue weighted by Crippen LogP contribution is -2.21. The molecule has 140 valence electrons. The summed E-state index contributed by atoms with van der Waals surface area (Å²) in [4.78, 5) is 12.4. The molecule has 0 fully saturated rings. The van der Waals surface area contributed by atoms with Crippen LogP contribution in [0.1, 0.15) is 16.1 Å². The lowest BCUT2D eigenvalue weighted by molar-refractivity contribution is 0.102. The Morgan fingerprint density at radius 1 is 1.11 bits per heavy atom. The number of aromatic amines is 1. The fourth-order valence-electron chi connectivity index (χ4n) is 2.33. The summed E-state index contributed by atoms with van der Waals surface area (Å²) in [5, 5.41) is 9.69. The highest BCUT2D eigenvalue weighted by Crippen LogP contribution is 2.21. The van der Waals surface area contributed by atoms with Crippen LogP contribution in [0.5, 0.6) is 0 Å². The number of rotatable bonds is 6. The average molecular weight is 449 g/mol. The summed E-state index contributed by atoms with van der Waals surface area (Å²) in [5.41, 5.74) is 3.31. The van der Waals surface area contributed by atoms with E-state index in [1.807, 2.05) is 24.3 Å². The molecule has 0 saturated carbocycles. The number of aromatic nitrogens is 2. The molecule has 0 unspecified atom stereocenters. The van der Waals surface area contributed by atoms with Gasteiger partial charge in [0.1, 0.15) is 5.69 Å². The van der Waals surface area contributed by atoms with Crippen LogP contribution >= 0.6 is 15.9 Å². The second kappa shape index (κ2) is 8.03. The van der Waals surface area contributed by atoms with Gasteiger partial charge in [-0.3, -0.25) is 9.89 Å². The monoisotopic (exact) mass is 448 g/mol. The number of benzene rings is 2. The standard InChI is InChI=1S/C18H17BrN4O3S/c1-27(25,26)20-11-12-2-8-15(9-3-12)21-18(24)17-10-16(22-23-17)13-4-6-14(19)7-5-13/h2-10,20H,11H2,1H3,(H,21,24)(H,22,23). The number of hydrogen-bond donors (Lipinski definition) is 3. The SMILES string of the molecule is CS(=O)(=O)NCc1ccc(NC(=O)c2cc(-c3ccc(Br)cc3)n[nH]2)cc1. The van der Waals surface area contributed by atoms with Crippen molar-refractivity contribution in [3.8, 4) is 11.3 Å². The van der Waals surface area contributed by atoms with Gasteiger partial charge in [-0.2, -0.15) is 5.10 Å². The summed E-state index contributed by atoms with van der Waals surface area (Å²) in [7, 11) is -3.24. The summed E-state index contributed by atoms with van der Waals surface area (Å²) in [5.74, 6) is -0.312. The molecule has 0 spiro atoms. The van der Waals surface area contributed by atoms with Crippen molar-refractivity contribution < 1.29 is 13.2 Å². The maximum atomic E-state index is 12.4. The van der Waals surface area contributed by atoms with Crippen LogP contribution in [-0.2, 0) is 16.6 Å². The number of halogens is 1. The first-order valence-corrected chi connectivity index (χ1v) is 10.6. The molecule has 0 bridgehead atoms. The van der Waals surface area contributed by atoms with E-state index in [-0.39, 0.29) is 12.5 Å². The third-order valence-corrected chi connectivity index (χ3v) is 4.91. The lowest BCUT2D eigenvalue weighted by Gasteiger charge is -2.06. The maximum Gasteiger partial charge on any atom is 0.273 e. The van der Waals surface area contributed by atoms with Crippen LogP contribution in [0.25, 0.3) is 11.3 Å². The van der Waals surface area contributed by atoms with Crippen molar-refractivity contribution >= 4 is 37.5 Å². The van der Waals surface area contributed by atoms with Crippen molar-refractivity contribution in [1.82, 2.24) is 14.9 Å². The number of H-pyrrole nitrogens is 1. The number of anilines is 1. The van der Waals surface area contributed by atoms with Gasteiger partial charge < -0.3 is 5.32 Å². The molecule has 0 radical (unpaired) electrons. The molecule has 0 aliphatic heterocycles. The van der Waals surface area contributed by atoms with Crippen LogP contribution in [0.4, 0.5) is 5.69 Å². The highest BCUT2D eigenvalue weighted by Gasteiger charge is 2.11. The Morgan fingerprint density at radius 2 is 1.78 bits per heavy atom. The van der Waals surface area contributed by atoms with E-state index < -0.39 is 10.0 Å². The van der Waals surface area contributed by atoms with Gasteiger partial charge in [-0.15, -0.1) is 0 Å². The second-order valence-electron chi connectivity index (χ2n) is 5.92. The molecule has 3 aromatic rings. The summed E-state index contributed by atoms with van der Waals surface area (Å²) in [6.45, 7) is 0.199. The number of carbonyl (C=O) groups excluding carboxylic acids is 1. The average Bonchev–Trinajstić information content (AvgIpc) is 3.11. The van der Waals surface area contributed by atoms with Gasteiger partial charge in [0, 0.05) is 22.3 Å². The Hall–Kier alpha value is -2.49. The first-order chi connectivity index (χ1) is 12.8. The Balaban J connectivity index is 1.64. The van der Waals surface area contributed by atoms with E-state index >= 15 is 0 Å². The molecular weight excluding hydrogens is 432 g/mol. The van der Waals surface area contributed by atoms with Crippen molar-refractivity contribution in [2.75, 3.05) is 11.6 Å². The van der Waals surface area contributed by atoms with Crippen LogP contribution in [0.15, 0.2) is 59.1 Å². The van der Waals surface area contributed by atoms with Crippen LogP contribution in [0.2, 0.25) is 0 Å². The number of carbonyl (C=O) groups is 1. The Bertz CT molecular complexity index is 1040. The molecule has 0 atom stereocenters. The van der Waals surface area contributed by atoms with E-state index in [2.05, 4.69) is 36.2 Å². The number of hydrogen-bond acceptors (Lipinski definition) is 4. The topological polar surface area (TPSA) is 104 Å². The summed E-state index contributed by atoms with van der Waals surface area (Å²) >= 11 is 3.38. The van der Waals surface area contributed by atoms with Gasteiger partial charge in [-0.1, -0.05) is 40.2 Å². The Kier molecular flexibility index (Phi) is 5.73. The summed E-state index contributed by atoms with van der Waals surface area (Å²) in [6, 6.07) is 16.2. The second-order valence-corrected chi connectivity index (χ2v) is 8.67. The lowest BCUT2D eigenvalue weighted by atomic mass is 10.1. The van der Waals surface area contributed by atoms with Gasteiger partial charge >= 0.3 is 0 Å². The van der Waals surface area contributed by atoms with Gasteiger partial charge in [0.2, 0.25) is 10.0 Å². The van der Waals surface area contributed by atoms with Crippen molar-refractivity contribution in [2.24, 2.45) is 0 Å². The molecular formula is C18H17BrN4O3S. The van der Waals surface area contributed by atoms with Crippen LogP contribution in [0.3, 0.4) is 0 Å². The summed E-state index contributed by atoms with van der Waals surface area (Å²) in [6.07, 6.45) is 1.11. The van der Waals surface area contributed by atoms with Crippen LogP contribution in [-0.4, -0.2) is 30.8 Å². The van der Waals surface area contributed by atoms with E-state index in [1.54, 1.807) is 30.3 Å². The van der Waals surface area contributed by atoms with Gasteiger partial charge in [0.15, 0.2) is 0 Å². The molecule has 3 rings (SSSR count). The molecule has 9 heteroatoms. The van der Waals surface area contributed by atoms with Crippen LogP contribution in [0, 0.1) is 0 Å². The normalized spacial score (nSPS) is 11.3. The zero-order chi connectivity index (χ0) is 19.4. The molecule has 27 heavy (non-hydrogen) atoms. The third-order valence-electron chi connectivity index (χ3n) is 3.71. The molecule has 2 aromatic carbocycles. The molecule has 1 amide bonds. The van der Waals surface area contributed by atoms with Crippen molar-refractivity contribution in [3.63, 3.8) is 0 Å². The smallest absolute Gasteiger partial charge is 0.273 e. The Labute approximate surface area is 165 Å². The number of sulfonamides is 1. The van der Waals surface area contributed by atoms with Crippen molar-refractivity contribution in [3.05, 3.63) is 70.3 Å². The van der Waals surface area contributed by atoms with Crippen molar-refractivity contribution in [2.45, 2.75) is 6.54 Å². The van der Waals surface area contributed by atoms with Crippen LogP contribution < -0.4 is 10.0 Å². The molecule has 7 nitrogen and oxygen atoms in total. The zero-order valence-electron chi connectivity index (χ0n) is 14.4. The van der Waals surface area contributed by atoms with Gasteiger partial charge in [-0.05, 0) is 35.9 Å². The predicted molar refractivity (Wildman–Crippen MR) is 108 cm³/mol. The molecule has 3 N–H and O–H groups in total. The number of nitrogens with zero attached hydrogens (tertiary/aromatic N) is 1. The van der Waals surface area contributed by atoms with E-state index in [0.29, 0.717) is 17.1 Å². The Morgan fingerprint density at radius 3 is 2.41 bits per heavy atom. The van der Waals surface area contributed by atoms with Gasteiger partial charge in [0.05, 0.1) is 11.9 Å². The first-order valence-electron chi connectivity index (χ1n) is 7.96. The molecule has 1 heterocycles. The highest BCUT2D eigenvalue weighted by atomic mass is 79.9. The van der Waals surface area contributed by atoms with Crippen molar-refractivity contribution in [1.29, 1.82) is 0 Å². The number of nitrogens with one attached hydrogen (secondary N) is 3. The fourth-order valence-corrected chi connectivity index (χ4v) is 3.02. The molecule has 0 aliphatic rings. The van der Waals surface area contributed by atoms with E-state index in [4.69, 9.17) is 0 Å². The zero-order valence-corrected chi connectivity index (χ0v) is 16.8. The minimum absolute atomic E-state index is 0.199. The van der Waals surface area contributed by atoms with Gasteiger partial charge in [-0.25, -0.2) is 13.1 Å². The fraction of sp³-hybridized carbons (Fsp3) is 0.111. The van der Waals surface area contributed by atoms with E-state index in [9.17, 15) is 13.2 Å². The maximum absolute atomic E-state index is 12.4. The molecule has 0 aliphatic carbocycles. The molecule has 1 aromatic heterocycles. The van der Waals surface area contributed by atoms with E-state index in [0.717, 1.165) is 21.9 Å². The third kappa shape index (κ3) is 5.49. The number of amides is 1. The largest absolute Gasteiger partial charge is 0.321 e. The summed E-state index contributed by atoms with van der Waals surface area (Å²) < 4.78 is 25.6. The highest BCUT2D eigenvalue weighted by molar-refractivity contribution is 9.10. The minimum atomic E-state index is -3.24. The first kappa shape index (κ1) is 19.3. The quantitative estimate of drug-likeness (QED) is 0.538. The minimum Gasteiger partial charge on any atom is -0.321 e. The van der Waals surface area contributed by atoms with Gasteiger partial charge in [0.25, 0.3) is 5.91 Å². The predicted octanol–water partition coefficient (Wildman–Crippen LogP) is 3.14. The van der Waals surface area contributed by atoms with E-state index in [1.165, 1.54) is 0 Å².